The van der Waals surface area contributed by atoms with E-state index >= 15 is 0 Å². The van der Waals surface area contributed by atoms with E-state index in [2.05, 4.69) is 22.9 Å². The van der Waals surface area contributed by atoms with Crippen molar-refractivity contribution in [3.05, 3.63) is 69.3 Å². The second kappa shape index (κ2) is 9.14. The molecule has 1 amide bonds. The van der Waals surface area contributed by atoms with Crippen LogP contribution in [0.2, 0.25) is 0 Å². The third-order valence-corrected chi connectivity index (χ3v) is 6.46. The van der Waals surface area contributed by atoms with E-state index in [1.807, 2.05) is 18.2 Å². The molecule has 0 bridgehead atoms. The number of nitriles is 1. The summed E-state index contributed by atoms with van der Waals surface area (Å²) >= 11 is 1.15. The smallest absolute Gasteiger partial charge is 0.273 e. The molecule has 0 radical (unpaired) electrons. The molecule has 8 heteroatoms. The van der Waals surface area contributed by atoms with E-state index in [9.17, 15) is 14.9 Å². The van der Waals surface area contributed by atoms with Gasteiger partial charge in [0.05, 0.1) is 28.6 Å². The molecule has 1 aliphatic rings. The van der Waals surface area contributed by atoms with Crippen molar-refractivity contribution < 1.29 is 4.79 Å². The number of aromatic nitrogens is 2. The molecule has 0 saturated carbocycles. The van der Waals surface area contributed by atoms with Crippen LogP contribution in [0.1, 0.15) is 40.1 Å². The topological polar surface area (TPSA) is 91.0 Å². The number of fused-ring (bicyclic) bond motifs is 1. The molecule has 31 heavy (non-hydrogen) atoms. The lowest BCUT2D eigenvalue weighted by atomic mass is 10.1. The Morgan fingerprint density at radius 2 is 2.06 bits per heavy atom. The van der Waals surface area contributed by atoms with Gasteiger partial charge in [-0.15, -0.1) is 17.9 Å². The van der Waals surface area contributed by atoms with Gasteiger partial charge < -0.3 is 10.2 Å². The molecule has 1 fully saturated rings. The molecule has 1 N–H and O–H groups in total. The summed E-state index contributed by atoms with van der Waals surface area (Å²) in [7, 11) is 0. The molecule has 0 aliphatic carbocycles. The maximum absolute atomic E-state index is 13.5. The monoisotopic (exact) mass is 433 g/mol. The number of nitrogens with zero attached hydrogens (tertiary/aromatic N) is 4. The van der Waals surface area contributed by atoms with Gasteiger partial charge in [-0.3, -0.25) is 14.2 Å². The van der Waals surface area contributed by atoms with Crippen LogP contribution in [0.5, 0.6) is 0 Å². The van der Waals surface area contributed by atoms with Crippen molar-refractivity contribution in [2.75, 3.05) is 24.5 Å². The molecule has 1 saturated heterocycles. The van der Waals surface area contributed by atoms with Gasteiger partial charge in [0.2, 0.25) is 5.95 Å². The van der Waals surface area contributed by atoms with Crippen LogP contribution >= 0.6 is 11.3 Å². The fourth-order valence-corrected chi connectivity index (χ4v) is 4.74. The predicted octanol–water partition coefficient (Wildman–Crippen LogP) is 3.28. The van der Waals surface area contributed by atoms with Crippen LogP contribution in [0.3, 0.4) is 0 Å². The fraction of sp³-hybridized carbons (Fsp3) is 0.304. The maximum Gasteiger partial charge on any atom is 0.273 e. The van der Waals surface area contributed by atoms with Crippen LogP contribution in [0.15, 0.2) is 47.8 Å². The van der Waals surface area contributed by atoms with Crippen LogP contribution in [0, 0.1) is 11.3 Å². The third-order valence-electron chi connectivity index (χ3n) is 5.35. The number of piperidine rings is 1. The highest BCUT2D eigenvalue weighted by molar-refractivity contribution is 7.20. The first-order valence-electron chi connectivity index (χ1n) is 10.3. The summed E-state index contributed by atoms with van der Waals surface area (Å²) in [5, 5.41) is 12.2. The van der Waals surface area contributed by atoms with E-state index in [1.165, 1.54) is 0 Å². The number of amides is 1. The van der Waals surface area contributed by atoms with Crippen molar-refractivity contribution in [1.82, 2.24) is 14.9 Å². The first kappa shape index (κ1) is 20.8. The summed E-state index contributed by atoms with van der Waals surface area (Å²) in [5.74, 6) is 0.351. The Hall–Kier alpha value is -3.44. The number of carbonyl (C=O) groups excluding carboxylic acids is 1. The minimum absolute atomic E-state index is 0.189. The largest absolute Gasteiger partial charge is 0.348 e. The molecule has 7 nitrogen and oxygen atoms in total. The summed E-state index contributed by atoms with van der Waals surface area (Å²) in [6.45, 7) is 5.88. The molecule has 0 unspecified atom stereocenters. The van der Waals surface area contributed by atoms with Gasteiger partial charge in [-0.2, -0.15) is 5.26 Å². The number of hydrogen-bond acceptors (Lipinski definition) is 6. The average molecular weight is 434 g/mol. The quantitative estimate of drug-likeness (QED) is 0.603. The first-order chi connectivity index (χ1) is 15.1. The molecule has 3 aromatic rings. The van der Waals surface area contributed by atoms with Crippen LogP contribution in [-0.4, -0.2) is 35.1 Å². The standard InChI is InChI=1S/C23H23N5O2S/c1-2-10-25-21(29)19-13-18-20(31-19)22(30)28(15-17-9-5-4-8-16(17)14-24)23(26-18)27-11-6-3-7-12-27/h2,4-5,8-9,13H,1,3,6-7,10-12,15H2,(H,25,29). The van der Waals surface area contributed by atoms with Gasteiger partial charge in [0, 0.05) is 19.6 Å². The highest BCUT2D eigenvalue weighted by Gasteiger charge is 2.22. The molecule has 0 spiro atoms. The molecular formula is C23H23N5O2S. The van der Waals surface area contributed by atoms with Crippen molar-refractivity contribution in [1.29, 1.82) is 5.26 Å². The fourth-order valence-electron chi connectivity index (χ4n) is 3.78. The van der Waals surface area contributed by atoms with E-state index in [0.29, 0.717) is 33.2 Å². The van der Waals surface area contributed by atoms with Crippen molar-refractivity contribution >= 4 is 33.4 Å². The minimum Gasteiger partial charge on any atom is -0.348 e. The zero-order valence-corrected chi connectivity index (χ0v) is 18.0. The zero-order chi connectivity index (χ0) is 21.8. The minimum atomic E-state index is -0.247. The molecule has 4 rings (SSSR count). The molecule has 158 valence electrons. The lowest BCUT2D eigenvalue weighted by Gasteiger charge is -2.29. The molecule has 3 heterocycles. The van der Waals surface area contributed by atoms with E-state index in [0.717, 1.165) is 49.3 Å². The van der Waals surface area contributed by atoms with Gasteiger partial charge in [-0.05, 0) is 37.0 Å². The molecular weight excluding hydrogens is 410 g/mol. The Morgan fingerprint density at radius 1 is 1.29 bits per heavy atom. The summed E-state index contributed by atoms with van der Waals surface area (Å²) in [4.78, 5) is 33.3. The summed E-state index contributed by atoms with van der Waals surface area (Å²) in [6.07, 6.45) is 4.85. The average Bonchev–Trinajstić information content (AvgIpc) is 3.25. The Labute approximate surface area is 184 Å². The van der Waals surface area contributed by atoms with E-state index < -0.39 is 0 Å². The zero-order valence-electron chi connectivity index (χ0n) is 17.1. The Balaban J connectivity index is 1.84. The Kier molecular flexibility index (Phi) is 6.14. The van der Waals surface area contributed by atoms with Crippen LogP contribution in [0.25, 0.3) is 10.2 Å². The van der Waals surface area contributed by atoms with Crippen molar-refractivity contribution in [2.24, 2.45) is 0 Å². The van der Waals surface area contributed by atoms with Gasteiger partial charge in [0.25, 0.3) is 11.5 Å². The highest BCUT2D eigenvalue weighted by Crippen LogP contribution is 2.26. The molecule has 0 atom stereocenters. The normalized spacial score (nSPS) is 13.7. The van der Waals surface area contributed by atoms with E-state index in [-0.39, 0.29) is 18.0 Å². The number of nitrogens with one attached hydrogen (secondary N) is 1. The van der Waals surface area contributed by atoms with Crippen molar-refractivity contribution in [3.63, 3.8) is 0 Å². The van der Waals surface area contributed by atoms with Gasteiger partial charge in [0.1, 0.15) is 4.70 Å². The van der Waals surface area contributed by atoms with Gasteiger partial charge in [0.15, 0.2) is 0 Å². The van der Waals surface area contributed by atoms with Crippen molar-refractivity contribution in [3.8, 4) is 6.07 Å². The molecule has 1 aromatic carbocycles. The van der Waals surface area contributed by atoms with Gasteiger partial charge in [-0.1, -0.05) is 24.3 Å². The number of thiophene rings is 1. The summed E-state index contributed by atoms with van der Waals surface area (Å²) in [5.41, 5.74) is 1.65. The van der Waals surface area contributed by atoms with E-state index in [1.54, 1.807) is 22.8 Å². The van der Waals surface area contributed by atoms with Gasteiger partial charge >= 0.3 is 0 Å². The second-order valence-electron chi connectivity index (χ2n) is 7.44. The molecule has 1 aliphatic heterocycles. The Bertz CT molecular complexity index is 1230. The van der Waals surface area contributed by atoms with E-state index in [4.69, 9.17) is 4.98 Å². The van der Waals surface area contributed by atoms with Crippen LogP contribution in [0.4, 0.5) is 5.95 Å². The SMILES string of the molecule is C=CCNC(=O)c1cc2nc(N3CCCCC3)n(Cc3ccccc3C#N)c(=O)c2s1. The number of carbonyl (C=O) groups is 1. The second-order valence-corrected chi connectivity index (χ2v) is 8.50. The lowest BCUT2D eigenvalue weighted by Crippen LogP contribution is -2.36. The number of benzene rings is 1. The summed E-state index contributed by atoms with van der Waals surface area (Å²) < 4.78 is 2.09. The lowest BCUT2D eigenvalue weighted by molar-refractivity contribution is 0.0962. The van der Waals surface area contributed by atoms with Crippen LogP contribution < -0.4 is 15.8 Å². The summed E-state index contributed by atoms with van der Waals surface area (Å²) in [6, 6.07) is 11.2. The molecule has 2 aromatic heterocycles. The number of anilines is 1. The number of hydrogen-bond donors (Lipinski definition) is 1. The van der Waals surface area contributed by atoms with Crippen molar-refractivity contribution in [2.45, 2.75) is 25.8 Å². The first-order valence-corrected chi connectivity index (χ1v) is 11.1. The number of rotatable bonds is 6. The predicted molar refractivity (Wildman–Crippen MR) is 123 cm³/mol. The highest BCUT2D eigenvalue weighted by atomic mass is 32.1. The van der Waals surface area contributed by atoms with Crippen LogP contribution in [-0.2, 0) is 6.54 Å². The third kappa shape index (κ3) is 4.23. The maximum atomic E-state index is 13.5. The Morgan fingerprint density at radius 3 is 2.81 bits per heavy atom. The van der Waals surface area contributed by atoms with Gasteiger partial charge in [-0.25, -0.2) is 4.98 Å².